The minimum absolute atomic E-state index is 0.160. The van der Waals surface area contributed by atoms with Crippen LogP contribution >= 0.6 is 0 Å². The lowest BCUT2D eigenvalue weighted by atomic mass is 10.1. The van der Waals surface area contributed by atoms with E-state index in [0.29, 0.717) is 11.8 Å². The normalized spacial score (nSPS) is 11.0. The minimum Gasteiger partial charge on any atom is -0.298 e. The highest BCUT2D eigenvalue weighted by atomic mass is 32.2. The van der Waals surface area contributed by atoms with Gasteiger partial charge in [0, 0.05) is 5.56 Å². The van der Waals surface area contributed by atoms with Gasteiger partial charge in [0.1, 0.15) is 0 Å². The van der Waals surface area contributed by atoms with Crippen LogP contribution in [-0.4, -0.2) is 14.7 Å². The quantitative estimate of drug-likeness (QED) is 0.872. The lowest BCUT2D eigenvalue weighted by Crippen LogP contribution is -2.14. The molecule has 0 saturated carbocycles. The van der Waals surface area contributed by atoms with Crippen LogP contribution in [0.3, 0.4) is 0 Å². The third-order valence-electron chi connectivity index (χ3n) is 2.63. The Bertz CT molecular complexity index is 694. The summed E-state index contributed by atoms with van der Waals surface area (Å²) in [5.74, 6) is 0. The molecule has 0 fully saturated rings. The summed E-state index contributed by atoms with van der Waals surface area (Å²) < 4.78 is 26.7. The van der Waals surface area contributed by atoms with E-state index in [1.165, 1.54) is 12.1 Å². The molecule has 0 heterocycles. The molecule has 0 radical (unpaired) electrons. The predicted molar refractivity (Wildman–Crippen MR) is 73.8 cm³/mol. The van der Waals surface area contributed by atoms with Crippen molar-refractivity contribution in [1.29, 1.82) is 0 Å². The van der Waals surface area contributed by atoms with Crippen molar-refractivity contribution in [2.24, 2.45) is 0 Å². The fourth-order valence-electron chi connectivity index (χ4n) is 1.68. The lowest BCUT2D eigenvalue weighted by Gasteiger charge is -2.10. The number of carbonyl (C=O) groups is 1. The zero-order chi connectivity index (χ0) is 13.9. The van der Waals surface area contributed by atoms with Crippen LogP contribution in [0.2, 0.25) is 0 Å². The smallest absolute Gasteiger partial charge is 0.261 e. The van der Waals surface area contributed by atoms with Crippen molar-refractivity contribution in [3.8, 4) is 0 Å². The number of hydrogen-bond acceptors (Lipinski definition) is 3. The van der Waals surface area contributed by atoms with E-state index >= 15 is 0 Å². The summed E-state index contributed by atoms with van der Waals surface area (Å²) in [6.45, 7) is 1.84. The van der Waals surface area contributed by atoms with E-state index in [2.05, 4.69) is 4.72 Å². The van der Waals surface area contributed by atoms with E-state index < -0.39 is 10.0 Å². The van der Waals surface area contributed by atoms with Crippen molar-refractivity contribution in [2.45, 2.75) is 11.8 Å². The Morgan fingerprint density at radius 3 is 2.37 bits per heavy atom. The van der Waals surface area contributed by atoms with Crippen molar-refractivity contribution in [3.05, 3.63) is 59.7 Å². The molecule has 0 aliphatic heterocycles. The summed E-state index contributed by atoms with van der Waals surface area (Å²) in [7, 11) is -3.67. The van der Waals surface area contributed by atoms with E-state index in [0.717, 1.165) is 5.56 Å². The monoisotopic (exact) mass is 275 g/mol. The molecule has 0 atom stereocenters. The number of aldehydes is 1. The Kier molecular flexibility index (Phi) is 3.66. The Balaban J connectivity index is 2.39. The van der Waals surface area contributed by atoms with Gasteiger partial charge in [-0.3, -0.25) is 9.52 Å². The number of sulfonamides is 1. The van der Waals surface area contributed by atoms with Gasteiger partial charge < -0.3 is 0 Å². The molecule has 4 nitrogen and oxygen atoms in total. The van der Waals surface area contributed by atoms with Crippen LogP contribution < -0.4 is 4.72 Å². The Morgan fingerprint density at radius 2 is 1.74 bits per heavy atom. The standard InChI is InChI=1S/C14H13NO3S/c1-11-7-8-14(12(9-11)10-16)15-19(17,18)13-5-3-2-4-6-13/h2-10,15H,1H3. The van der Waals surface area contributed by atoms with Crippen LogP contribution in [0.5, 0.6) is 0 Å². The molecular formula is C14H13NO3S. The first-order valence-electron chi connectivity index (χ1n) is 5.66. The van der Waals surface area contributed by atoms with E-state index in [4.69, 9.17) is 0 Å². The molecule has 0 aromatic heterocycles. The average Bonchev–Trinajstić information content (AvgIpc) is 2.41. The molecule has 2 rings (SSSR count). The largest absolute Gasteiger partial charge is 0.298 e. The molecule has 0 aliphatic rings. The summed E-state index contributed by atoms with van der Waals surface area (Å²) in [6.07, 6.45) is 0.635. The summed E-state index contributed by atoms with van der Waals surface area (Å²) >= 11 is 0. The van der Waals surface area contributed by atoms with Gasteiger partial charge in [0.05, 0.1) is 10.6 Å². The third-order valence-corrected chi connectivity index (χ3v) is 4.01. The first-order valence-corrected chi connectivity index (χ1v) is 7.15. The molecule has 0 bridgehead atoms. The molecule has 0 unspecified atom stereocenters. The van der Waals surface area contributed by atoms with Crippen LogP contribution in [0.15, 0.2) is 53.4 Å². The summed E-state index contributed by atoms with van der Waals surface area (Å²) in [6, 6.07) is 13.0. The summed E-state index contributed by atoms with van der Waals surface area (Å²) in [4.78, 5) is 11.1. The van der Waals surface area contributed by atoms with Crippen molar-refractivity contribution in [1.82, 2.24) is 0 Å². The summed E-state index contributed by atoms with van der Waals surface area (Å²) in [5, 5.41) is 0. The molecule has 0 spiro atoms. The molecule has 1 N–H and O–H groups in total. The van der Waals surface area contributed by atoms with E-state index in [1.807, 2.05) is 6.92 Å². The summed E-state index contributed by atoms with van der Waals surface area (Å²) in [5.41, 5.74) is 1.49. The number of benzene rings is 2. The number of nitrogens with one attached hydrogen (secondary N) is 1. The zero-order valence-electron chi connectivity index (χ0n) is 10.3. The molecule has 19 heavy (non-hydrogen) atoms. The maximum Gasteiger partial charge on any atom is 0.261 e. The van der Waals surface area contributed by atoms with Crippen LogP contribution in [0.4, 0.5) is 5.69 Å². The number of aryl methyl sites for hydroxylation is 1. The molecule has 2 aromatic rings. The number of carbonyl (C=O) groups excluding carboxylic acids is 1. The van der Waals surface area contributed by atoms with Gasteiger partial charge >= 0.3 is 0 Å². The highest BCUT2D eigenvalue weighted by Gasteiger charge is 2.15. The van der Waals surface area contributed by atoms with E-state index in [1.54, 1.807) is 36.4 Å². The highest BCUT2D eigenvalue weighted by molar-refractivity contribution is 7.92. The molecule has 98 valence electrons. The fourth-order valence-corrected chi connectivity index (χ4v) is 2.78. The second kappa shape index (κ2) is 5.24. The van der Waals surface area contributed by atoms with Crippen LogP contribution in [0, 0.1) is 6.92 Å². The van der Waals surface area contributed by atoms with Gasteiger partial charge in [-0.05, 0) is 31.2 Å². The van der Waals surface area contributed by atoms with Gasteiger partial charge in [0.15, 0.2) is 6.29 Å². The highest BCUT2D eigenvalue weighted by Crippen LogP contribution is 2.20. The predicted octanol–water partition coefficient (Wildman–Crippen LogP) is 2.61. The third kappa shape index (κ3) is 3.00. The number of anilines is 1. The van der Waals surface area contributed by atoms with Gasteiger partial charge in [-0.25, -0.2) is 8.42 Å². The van der Waals surface area contributed by atoms with Crippen molar-refractivity contribution >= 4 is 22.0 Å². The van der Waals surface area contributed by atoms with Gasteiger partial charge in [-0.15, -0.1) is 0 Å². The number of rotatable bonds is 4. The lowest BCUT2D eigenvalue weighted by molar-refractivity contribution is 0.112. The Morgan fingerprint density at radius 1 is 1.05 bits per heavy atom. The van der Waals surface area contributed by atoms with Gasteiger partial charge in [-0.2, -0.15) is 0 Å². The SMILES string of the molecule is Cc1ccc(NS(=O)(=O)c2ccccc2)c(C=O)c1. The average molecular weight is 275 g/mol. The van der Waals surface area contributed by atoms with Crippen LogP contribution in [0.1, 0.15) is 15.9 Å². The van der Waals surface area contributed by atoms with Gasteiger partial charge in [0.2, 0.25) is 0 Å². The van der Waals surface area contributed by atoms with E-state index in [-0.39, 0.29) is 10.6 Å². The zero-order valence-corrected chi connectivity index (χ0v) is 11.1. The maximum atomic E-state index is 12.1. The van der Waals surface area contributed by atoms with Gasteiger partial charge in [0.25, 0.3) is 10.0 Å². The first kappa shape index (κ1) is 13.3. The van der Waals surface area contributed by atoms with Gasteiger partial charge in [-0.1, -0.05) is 29.8 Å². The molecule has 0 aliphatic carbocycles. The molecule has 2 aromatic carbocycles. The number of hydrogen-bond donors (Lipinski definition) is 1. The molecule has 5 heteroatoms. The topological polar surface area (TPSA) is 63.2 Å². The van der Waals surface area contributed by atoms with E-state index in [9.17, 15) is 13.2 Å². The van der Waals surface area contributed by atoms with Crippen molar-refractivity contribution in [3.63, 3.8) is 0 Å². The minimum atomic E-state index is -3.67. The van der Waals surface area contributed by atoms with Crippen LogP contribution in [-0.2, 0) is 10.0 Å². The molecule has 0 saturated heterocycles. The second-order valence-electron chi connectivity index (χ2n) is 4.13. The van der Waals surface area contributed by atoms with Crippen molar-refractivity contribution < 1.29 is 13.2 Å². The molecule has 0 amide bonds. The van der Waals surface area contributed by atoms with Crippen molar-refractivity contribution in [2.75, 3.05) is 4.72 Å². The second-order valence-corrected chi connectivity index (χ2v) is 5.81. The Labute approximate surface area is 112 Å². The maximum absolute atomic E-state index is 12.1. The van der Waals surface area contributed by atoms with Crippen LogP contribution in [0.25, 0.3) is 0 Å². The Hall–Kier alpha value is -2.14. The molecular weight excluding hydrogens is 262 g/mol. The first-order chi connectivity index (χ1) is 9.03. The fraction of sp³-hybridized carbons (Fsp3) is 0.0714.